The molecule has 134 valence electrons. The average molecular weight is 351 g/mol. The van der Waals surface area contributed by atoms with Gasteiger partial charge in [-0.05, 0) is 42.0 Å². The van der Waals surface area contributed by atoms with Gasteiger partial charge in [0, 0.05) is 24.3 Å². The Labute approximate surface area is 152 Å². The number of benzene rings is 2. The molecule has 2 aromatic carbocycles. The summed E-state index contributed by atoms with van der Waals surface area (Å²) in [6.45, 7) is 3.41. The first-order chi connectivity index (χ1) is 12.8. The van der Waals surface area contributed by atoms with Crippen molar-refractivity contribution < 1.29 is 14.0 Å². The molecule has 6 nitrogen and oxygen atoms in total. The summed E-state index contributed by atoms with van der Waals surface area (Å²) in [7, 11) is 1.66. The molecule has 3 aromatic rings. The molecule has 0 bridgehead atoms. The van der Waals surface area contributed by atoms with E-state index in [2.05, 4.69) is 27.2 Å². The van der Waals surface area contributed by atoms with Crippen LogP contribution in [0.5, 0.6) is 5.75 Å². The van der Waals surface area contributed by atoms with Crippen LogP contribution in [-0.4, -0.2) is 43.6 Å². The molecular weight excluding hydrogens is 330 g/mol. The van der Waals surface area contributed by atoms with Crippen molar-refractivity contribution in [3.05, 3.63) is 60.0 Å². The zero-order valence-electron chi connectivity index (χ0n) is 14.7. The van der Waals surface area contributed by atoms with Crippen LogP contribution in [-0.2, 0) is 11.2 Å². The van der Waals surface area contributed by atoms with Gasteiger partial charge >= 0.3 is 0 Å². The fourth-order valence-corrected chi connectivity index (χ4v) is 3.00. The number of aromatic nitrogens is 2. The van der Waals surface area contributed by atoms with Crippen LogP contribution in [0.1, 0.15) is 11.5 Å². The van der Waals surface area contributed by atoms with Crippen molar-refractivity contribution in [2.75, 3.05) is 38.3 Å². The highest BCUT2D eigenvalue weighted by molar-refractivity contribution is 5.60. The summed E-state index contributed by atoms with van der Waals surface area (Å²) in [5.41, 5.74) is 3.24. The zero-order valence-corrected chi connectivity index (χ0v) is 14.7. The first-order valence-corrected chi connectivity index (χ1v) is 8.70. The summed E-state index contributed by atoms with van der Waals surface area (Å²) in [4.78, 5) is 6.84. The number of rotatable bonds is 5. The maximum atomic E-state index is 5.41. The molecule has 0 unspecified atom stereocenters. The van der Waals surface area contributed by atoms with Crippen molar-refractivity contribution >= 4 is 5.69 Å². The molecule has 0 saturated carbocycles. The lowest BCUT2D eigenvalue weighted by atomic mass is 10.1. The van der Waals surface area contributed by atoms with Gasteiger partial charge in [0.15, 0.2) is 0 Å². The topological polar surface area (TPSA) is 60.6 Å². The van der Waals surface area contributed by atoms with Crippen molar-refractivity contribution in [2.24, 2.45) is 0 Å². The van der Waals surface area contributed by atoms with Crippen molar-refractivity contribution in [3.63, 3.8) is 0 Å². The lowest BCUT2D eigenvalue weighted by Gasteiger charge is -2.28. The van der Waals surface area contributed by atoms with Crippen LogP contribution in [0.25, 0.3) is 11.4 Å². The number of ether oxygens (including phenoxy) is 2. The molecular formula is C20H21N3O3. The van der Waals surface area contributed by atoms with E-state index in [1.54, 1.807) is 7.11 Å². The molecule has 0 amide bonds. The Morgan fingerprint density at radius 3 is 2.42 bits per heavy atom. The third-order valence-electron chi connectivity index (χ3n) is 4.48. The quantitative estimate of drug-likeness (QED) is 0.704. The van der Waals surface area contributed by atoms with E-state index in [9.17, 15) is 0 Å². The fourth-order valence-electron chi connectivity index (χ4n) is 3.00. The molecule has 0 aliphatic carbocycles. The molecule has 1 aromatic heterocycles. The predicted molar refractivity (Wildman–Crippen MR) is 98.6 cm³/mol. The summed E-state index contributed by atoms with van der Waals surface area (Å²) in [5, 5.41) is 4.11. The minimum atomic E-state index is 0.599. The Hall–Kier alpha value is -2.86. The summed E-state index contributed by atoms with van der Waals surface area (Å²) < 4.78 is 16.0. The maximum absolute atomic E-state index is 5.41. The SMILES string of the molecule is COc1ccc(Cc2nc(-c3ccc(N4CCOCC4)cc3)no2)cc1. The van der Waals surface area contributed by atoms with Crippen molar-refractivity contribution in [1.82, 2.24) is 10.1 Å². The van der Waals surface area contributed by atoms with Gasteiger partial charge in [-0.1, -0.05) is 17.3 Å². The van der Waals surface area contributed by atoms with Crippen LogP contribution >= 0.6 is 0 Å². The molecule has 0 radical (unpaired) electrons. The average Bonchev–Trinajstić information content (AvgIpc) is 3.18. The monoisotopic (exact) mass is 351 g/mol. The highest BCUT2D eigenvalue weighted by atomic mass is 16.5. The van der Waals surface area contributed by atoms with E-state index < -0.39 is 0 Å². The lowest BCUT2D eigenvalue weighted by Crippen LogP contribution is -2.36. The van der Waals surface area contributed by atoms with Gasteiger partial charge in [-0.2, -0.15) is 4.98 Å². The van der Waals surface area contributed by atoms with Gasteiger partial charge in [0.25, 0.3) is 0 Å². The molecule has 26 heavy (non-hydrogen) atoms. The molecule has 1 aliphatic heterocycles. The van der Waals surface area contributed by atoms with Crippen molar-refractivity contribution in [3.8, 4) is 17.1 Å². The number of hydrogen-bond acceptors (Lipinski definition) is 6. The molecule has 0 N–H and O–H groups in total. The second-order valence-corrected chi connectivity index (χ2v) is 6.18. The highest BCUT2D eigenvalue weighted by Gasteiger charge is 2.13. The second-order valence-electron chi connectivity index (χ2n) is 6.18. The van der Waals surface area contributed by atoms with Gasteiger partial charge < -0.3 is 18.9 Å². The molecule has 0 atom stereocenters. The van der Waals surface area contributed by atoms with E-state index in [4.69, 9.17) is 14.0 Å². The first kappa shape index (κ1) is 16.6. The van der Waals surface area contributed by atoms with Gasteiger partial charge in [0.1, 0.15) is 5.75 Å². The maximum Gasteiger partial charge on any atom is 0.231 e. The van der Waals surface area contributed by atoms with Crippen LogP contribution in [0, 0.1) is 0 Å². The summed E-state index contributed by atoms with van der Waals surface area (Å²) in [6.07, 6.45) is 0.600. The number of methoxy groups -OCH3 is 1. The molecule has 4 rings (SSSR count). The van der Waals surface area contributed by atoms with Gasteiger partial charge in [-0.3, -0.25) is 0 Å². The number of hydrogen-bond donors (Lipinski definition) is 0. The Kier molecular flexibility index (Phi) is 4.84. The van der Waals surface area contributed by atoms with E-state index in [-0.39, 0.29) is 0 Å². The van der Waals surface area contributed by atoms with E-state index in [1.165, 1.54) is 5.69 Å². The summed E-state index contributed by atoms with van der Waals surface area (Å²) in [5.74, 6) is 2.05. The minimum absolute atomic E-state index is 0.599. The van der Waals surface area contributed by atoms with Gasteiger partial charge in [-0.25, -0.2) is 0 Å². The van der Waals surface area contributed by atoms with Gasteiger partial charge in [0.05, 0.1) is 26.7 Å². The summed E-state index contributed by atoms with van der Waals surface area (Å²) in [6, 6.07) is 16.1. The molecule has 1 aliphatic rings. The van der Waals surface area contributed by atoms with Crippen LogP contribution in [0.15, 0.2) is 53.1 Å². The normalized spacial score (nSPS) is 14.4. The predicted octanol–water partition coefficient (Wildman–Crippen LogP) is 3.17. The van der Waals surface area contributed by atoms with Crippen molar-refractivity contribution in [2.45, 2.75) is 6.42 Å². The molecule has 6 heteroatoms. The highest BCUT2D eigenvalue weighted by Crippen LogP contribution is 2.22. The summed E-state index contributed by atoms with van der Waals surface area (Å²) >= 11 is 0. The zero-order chi connectivity index (χ0) is 17.8. The van der Waals surface area contributed by atoms with Crippen LogP contribution in [0.3, 0.4) is 0 Å². The Morgan fingerprint density at radius 2 is 1.73 bits per heavy atom. The largest absolute Gasteiger partial charge is 0.497 e. The molecule has 0 spiro atoms. The fraction of sp³-hybridized carbons (Fsp3) is 0.300. The van der Waals surface area contributed by atoms with Crippen LogP contribution < -0.4 is 9.64 Å². The lowest BCUT2D eigenvalue weighted by molar-refractivity contribution is 0.122. The molecule has 1 fully saturated rings. The van der Waals surface area contributed by atoms with Crippen LogP contribution in [0.2, 0.25) is 0 Å². The van der Waals surface area contributed by atoms with E-state index in [0.29, 0.717) is 18.1 Å². The van der Waals surface area contributed by atoms with Crippen LogP contribution in [0.4, 0.5) is 5.69 Å². The first-order valence-electron chi connectivity index (χ1n) is 8.70. The van der Waals surface area contributed by atoms with E-state index >= 15 is 0 Å². The van der Waals surface area contributed by atoms with E-state index in [0.717, 1.165) is 43.2 Å². The second kappa shape index (κ2) is 7.58. The molecule has 2 heterocycles. The van der Waals surface area contributed by atoms with Gasteiger partial charge in [0.2, 0.25) is 11.7 Å². The number of nitrogens with zero attached hydrogens (tertiary/aromatic N) is 3. The molecule has 1 saturated heterocycles. The van der Waals surface area contributed by atoms with Gasteiger partial charge in [-0.15, -0.1) is 0 Å². The minimum Gasteiger partial charge on any atom is -0.497 e. The Bertz CT molecular complexity index is 837. The third kappa shape index (κ3) is 3.70. The van der Waals surface area contributed by atoms with E-state index in [1.807, 2.05) is 36.4 Å². The third-order valence-corrected chi connectivity index (χ3v) is 4.48. The van der Waals surface area contributed by atoms with Crippen molar-refractivity contribution in [1.29, 1.82) is 0 Å². The Morgan fingerprint density at radius 1 is 1.00 bits per heavy atom. The number of morpholine rings is 1. The Balaban J connectivity index is 1.45. The smallest absolute Gasteiger partial charge is 0.231 e. The number of anilines is 1. The standard InChI is InChI=1S/C20H21N3O3/c1-24-18-8-2-15(3-9-18)14-19-21-20(22-26-19)16-4-6-17(7-5-16)23-10-12-25-13-11-23/h2-9H,10-14H2,1H3.